The Balaban J connectivity index is 0.00000196. The zero-order valence-corrected chi connectivity index (χ0v) is 11.1. The van der Waals surface area contributed by atoms with Crippen LogP contribution in [0.25, 0.3) is 0 Å². The number of nitro benzene ring substituents is 1. The Morgan fingerprint density at radius 1 is 1.27 bits per heavy atom. The number of benzene rings is 1. The SMILES string of the molecule is O=[N+]([O-])c1cc(Cl)cc(S(=O)(=O)[O-])c1.[Na+]. The van der Waals surface area contributed by atoms with Crippen LogP contribution in [0.15, 0.2) is 23.1 Å². The number of non-ortho nitro benzene ring substituents is 1. The molecule has 76 valence electrons. The second-order valence-corrected chi connectivity index (χ2v) is 4.17. The molecule has 0 saturated carbocycles. The summed E-state index contributed by atoms with van der Waals surface area (Å²) in [7, 11) is -4.72. The van der Waals surface area contributed by atoms with Gasteiger partial charge < -0.3 is 4.55 Å². The van der Waals surface area contributed by atoms with Gasteiger partial charge in [0, 0.05) is 17.2 Å². The van der Waals surface area contributed by atoms with E-state index in [0.29, 0.717) is 6.07 Å². The van der Waals surface area contributed by atoms with Gasteiger partial charge in [-0.15, -0.1) is 0 Å². The summed E-state index contributed by atoms with van der Waals surface area (Å²) in [5, 5.41) is 10.1. The van der Waals surface area contributed by atoms with Gasteiger partial charge in [-0.2, -0.15) is 0 Å². The molecule has 6 nitrogen and oxygen atoms in total. The largest absolute Gasteiger partial charge is 1.00 e. The van der Waals surface area contributed by atoms with Crippen molar-refractivity contribution < 1.29 is 47.5 Å². The topological polar surface area (TPSA) is 100 Å². The zero-order valence-electron chi connectivity index (χ0n) is 7.51. The Bertz CT molecular complexity index is 488. The number of nitrogens with zero attached hydrogens (tertiary/aromatic N) is 1. The van der Waals surface area contributed by atoms with Crippen molar-refractivity contribution in [1.29, 1.82) is 0 Å². The van der Waals surface area contributed by atoms with Crippen molar-refractivity contribution in [1.82, 2.24) is 0 Å². The van der Waals surface area contributed by atoms with Gasteiger partial charge >= 0.3 is 29.6 Å². The summed E-state index contributed by atoms with van der Waals surface area (Å²) in [5.74, 6) is 0. The zero-order chi connectivity index (χ0) is 10.9. The van der Waals surface area contributed by atoms with E-state index in [1.54, 1.807) is 0 Å². The standard InChI is InChI=1S/C6H4ClNO5S.Na/c7-4-1-5(8(9)10)3-6(2-4)14(11,12)13;/h1-3H,(H,11,12,13);/q;+1/p-1. The van der Waals surface area contributed by atoms with Gasteiger partial charge in [0.25, 0.3) is 5.69 Å². The number of hydrogen-bond acceptors (Lipinski definition) is 5. The summed E-state index contributed by atoms with van der Waals surface area (Å²) in [4.78, 5) is 8.74. The fraction of sp³-hybridized carbons (Fsp3) is 0. The molecule has 0 spiro atoms. The van der Waals surface area contributed by atoms with Gasteiger partial charge in [0.15, 0.2) is 0 Å². The third kappa shape index (κ3) is 4.06. The van der Waals surface area contributed by atoms with Gasteiger partial charge in [-0.3, -0.25) is 10.1 Å². The fourth-order valence-corrected chi connectivity index (χ4v) is 1.63. The van der Waals surface area contributed by atoms with Crippen LogP contribution in [0, 0.1) is 10.1 Å². The summed E-state index contributed by atoms with van der Waals surface area (Å²) in [6.07, 6.45) is 0. The molecule has 0 aliphatic carbocycles. The molecule has 0 aliphatic rings. The summed E-state index contributed by atoms with van der Waals surface area (Å²) >= 11 is 5.39. The number of hydrogen-bond donors (Lipinski definition) is 0. The maximum atomic E-state index is 10.5. The molecule has 1 aromatic carbocycles. The van der Waals surface area contributed by atoms with E-state index >= 15 is 0 Å². The number of halogens is 1. The monoisotopic (exact) mass is 259 g/mol. The van der Waals surface area contributed by atoms with E-state index in [4.69, 9.17) is 11.6 Å². The summed E-state index contributed by atoms with van der Waals surface area (Å²) < 4.78 is 31.6. The third-order valence-electron chi connectivity index (χ3n) is 1.36. The van der Waals surface area contributed by atoms with Crippen molar-refractivity contribution in [3.63, 3.8) is 0 Å². The molecule has 0 atom stereocenters. The second kappa shape index (κ2) is 5.24. The minimum absolute atomic E-state index is 0. The molecule has 0 bridgehead atoms. The smallest absolute Gasteiger partial charge is 0.744 e. The van der Waals surface area contributed by atoms with Crippen LogP contribution in [0.5, 0.6) is 0 Å². The number of nitro groups is 1. The predicted octanol–water partition coefficient (Wildman–Crippen LogP) is -1.84. The third-order valence-corrected chi connectivity index (χ3v) is 2.39. The maximum absolute atomic E-state index is 10.5. The van der Waals surface area contributed by atoms with Crippen LogP contribution < -0.4 is 29.6 Å². The van der Waals surface area contributed by atoms with E-state index in [9.17, 15) is 23.1 Å². The van der Waals surface area contributed by atoms with Crippen LogP contribution >= 0.6 is 11.6 Å². The van der Waals surface area contributed by atoms with E-state index in [0.717, 1.165) is 12.1 Å². The Morgan fingerprint density at radius 2 is 1.80 bits per heavy atom. The maximum Gasteiger partial charge on any atom is 1.00 e. The molecule has 0 heterocycles. The Hall–Kier alpha value is -0.180. The van der Waals surface area contributed by atoms with Crippen molar-refractivity contribution in [2.24, 2.45) is 0 Å². The average molecular weight is 260 g/mol. The minimum Gasteiger partial charge on any atom is -0.744 e. The van der Waals surface area contributed by atoms with Gasteiger partial charge in [0.05, 0.1) is 9.82 Å². The molecule has 0 saturated heterocycles. The molecule has 0 aromatic heterocycles. The van der Waals surface area contributed by atoms with E-state index in [1.165, 1.54) is 0 Å². The number of rotatable bonds is 2. The molecular weight excluding hydrogens is 257 g/mol. The van der Waals surface area contributed by atoms with Gasteiger partial charge in [-0.25, -0.2) is 8.42 Å². The van der Waals surface area contributed by atoms with Crippen LogP contribution in [-0.2, 0) is 10.1 Å². The molecule has 15 heavy (non-hydrogen) atoms. The van der Waals surface area contributed by atoms with Crippen molar-refractivity contribution in [2.45, 2.75) is 4.90 Å². The van der Waals surface area contributed by atoms with Crippen LogP contribution in [0.2, 0.25) is 5.02 Å². The minimum atomic E-state index is -4.72. The van der Waals surface area contributed by atoms with Crippen LogP contribution in [0.4, 0.5) is 5.69 Å². The van der Waals surface area contributed by atoms with Crippen LogP contribution in [0.3, 0.4) is 0 Å². The molecule has 0 N–H and O–H groups in total. The molecule has 0 radical (unpaired) electrons. The van der Waals surface area contributed by atoms with Gasteiger partial charge in [-0.1, -0.05) is 11.6 Å². The molecule has 1 aromatic rings. The Morgan fingerprint density at radius 3 is 2.20 bits per heavy atom. The van der Waals surface area contributed by atoms with E-state index in [-0.39, 0.29) is 34.6 Å². The molecule has 0 aliphatic heterocycles. The average Bonchev–Trinajstić information content (AvgIpc) is 2.01. The normalized spacial score (nSPS) is 10.5. The van der Waals surface area contributed by atoms with Crippen molar-refractivity contribution >= 4 is 27.4 Å². The summed E-state index contributed by atoms with van der Waals surface area (Å²) in [6.45, 7) is 0. The molecule has 0 unspecified atom stereocenters. The van der Waals surface area contributed by atoms with Crippen LogP contribution in [0.1, 0.15) is 0 Å². The summed E-state index contributed by atoms with van der Waals surface area (Å²) in [5.41, 5.74) is -0.535. The van der Waals surface area contributed by atoms with Crippen LogP contribution in [-0.4, -0.2) is 17.9 Å². The first kappa shape index (κ1) is 14.8. The first-order valence-electron chi connectivity index (χ1n) is 3.21. The second-order valence-electron chi connectivity index (χ2n) is 2.36. The Kier molecular flexibility index (Phi) is 5.18. The Labute approximate surface area is 112 Å². The van der Waals surface area contributed by atoms with Crippen molar-refractivity contribution in [2.75, 3.05) is 0 Å². The summed E-state index contributed by atoms with van der Waals surface area (Å²) in [6, 6.07) is 2.47. The molecular formula is C6H3ClNNaO5S. The molecule has 9 heteroatoms. The van der Waals surface area contributed by atoms with E-state index in [1.807, 2.05) is 0 Å². The molecule has 1 rings (SSSR count). The van der Waals surface area contributed by atoms with Crippen molar-refractivity contribution in [3.8, 4) is 0 Å². The first-order valence-corrected chi connectivity index (χ1v) is 5.00. The van der Waals surface area contributed by atoms with Gasteiger partial charge in [0.1, 0.15) is 10.1 Å². The molecule has 0 amide bonds. The van der Waals surface area contributed by atoms with E-state index < -0.39 is 25.6 Å². The van der Waals surface area contributed by atoms with Gasteiger partial charge in [-0.05, 0) is 6.07 Å². The van der Waals surface area contributed by atoms with Gasteiger partial charge in [0.2, 0.25) is 0 Å². The van der Waals surface area contributed by atoms with Crippen molar-refractivity contribution in [3.05, 3.63) is 33.3 Å². The molecule has 0 fully saturated rings. The first-order chi connectivity index (χ1) is 6.30. The quantitative estimate of drug-likeness (QED) is 0.269. The fourth-order valence-electron chi connectivity index (χ4n) is 0.798. The van der Waals surface area contributed by atoms with E-state index in [2.05, 4.69) is 0 Å². The predicted molar refractivity (Wildman–Crippen MR) is 46.1 cm³/mol.